The van der Waals surface area contributed by atoms with E-state index in [1.807, 2.05) is 0 Å². The molecule has 0 heterocycles. The third-order valence-corrected chi connectivity index (χ3v) is 12.1. The fourth-order valence-electron chi connectivity index (χ4n) is 9.12. The van der Waals surface area contributed by atoms with Crippen molar-refractivity contribution in [2.24, 2.45) is 0 Å². The van der Waals surface area contributed by atoms with E-state index < -0.39 is 0 Å². The van der Waals surface area contributed by atoms with Gasteiger partial charge in [-0.05, 0) is 119 Å². The highest BCUT2D eigenvalue weighted by Gasteiger charge is 2.23. The molecule has 11 aromatic rings. The molecule has 1 heteroatoms. The lowest BCUT2D eigenvalue weighted by Gasteiger charge is -2.30. The number of rotatable bonds is 8. The van der Waals surface area contributed by atoms with Crippen LogP contribution in [-0.2, 0) is 0 Å². The van der Waals surface area contributed by atoms with Crippen molar-refractivity contribution in [3.8, 4) is 55.6 Å². The van der Waals surface area contributed by atoms with Gasteiger partial charge in [0.05, 0.1) is 5.69 Å². The molecule has 61 heavy (non-hydrogen) atoms. The molecule has 0 fully saturated rings. The van der Waals surface area contributed by atoms with Crippen LogP contribution >= 0.6 is 0 Å². The van der Waals surface area contributed by atoms with Crippen molar-refractivity contribution in [3.63, 3.8) is 0 Å². The third-order valence-electron chi connectivity index (χ3n) is 12.1. The normalized spacial score (nSPS) is 11.3. The molecular weight excluding hydrogens is 735 g/mol. The molecule has 286 valence electrons. The Bertz CT molecular complexity index is 3220. The highest BCUT2D eigenvalue weighted by Crippen LogP contribution is 2.48. The van der Waals surface area contributed by atoms with Crippen molar-refractivity contribution in [2.75, 3.05) is 4.90 Å². The summed E-state index contributed by atoms with van der Waals surface area (Å²) < 4.78 is 0. The Hall–Kier alpha value is -8.00. The van der Waals surface area contributed by atoms with E-state index in [2.05, 4.69) is 254 Å². The molecule has 0 aliphatic carbocycles. The maximum atomic E-state index is 2.43. The minimum Gasteiger partial charge on any atom is -0.310 e. The largest absolute Gasteiger partial charge is 0.310 e. The second kappa shape index (κ2) is 15.6. The smallest absolute Gasteiger partial charge is 0.0546 e. The highest BCUT2D eigenvalue weighted by molar-refractivity contribution is 6.15. The average Bonchev–Trinajstić information content (AvgIpc) is 3.35. The molecular formula is C60H41N. The SMILES string of the molecule is c1ccc(-c2ccc(N(c3ccc(-c4ccccc4)cc3)c3cccc(-c4cc5ccccc5c5ccccc45)c3-c3ccc(-c4cccc5ccccc45)cc3)cc2)cc1. The molecule has 0 spiro atoms. The van der Waals surface area contributed by atoms with Gasteiger partial charge in [-0.1, -0.05) is 212 Å². The van der Waals surface area contributed by atoms with Gasteiger partial charge in [-0.15, -0.1) is 0 Å². The van der Waals surface area contributed by atoms with Crippen LogP contribution in [0, 0.1) is 0 Å². The van der Waals surface area contributed by atoms with Crippen molar-refractivity contribution in [2.45, 2.75) is 0 Å². The molecule has 11 rings (SSSR count). The number of hydrogen-bond donors (Lipinski definition) is 0. The topological polar surface area (TPSA) is 3.24 Å². The fraction of sp³-hybridized carbons (Fsp3) is 0. The van der Waals surface area contributed by atoms with Crippen molar-refractivity contribution in [3.05, 3.63) is 249 Å². The summed E-state index contributed by atoms with van der Waals surface area (Å²) in [5.74, 6) is 0. The number of fused-ring (bicyclic) bond motifs is 4. The van der Waals surface area contributed by atoms with Gasteiger partial charge in [0.15, 0.2) is 0 Å². The zero-order valence-corrected chi connectivity index (χ0v) is 33.6. The predicted molar refractivity (Wildman–Crippen MR) is 261 cm³/mol. The quantitative estimate of drug-likeness (QED) is 0.139. The molecule has 0 aliphatic rings. The van der Waals surface area contributed by atoms with E-state index in [0.717, 1.165) is 22.6 Å². The van der Waals surface area contributed by atoms with Crippen molar-refractivity contribution in [1.82, 2.24) is 0 Å². The minimum absolute atomic E-state index is 1.08. The summed E-state index contributed by atoms with van der Waals surface area (Å²) in [5, 5.41) is 7.47. The molecule has 0 radical (unpaired) electrons. The first-order chi connectivity index (χ1) is 30.3. The van der Waals surface area contributed by atoms with E-state index in [4.69, 9.17) is 0 Å². The second-order valence-electron chi connectivity index (χ2n) is 15.7. The number of nitrogens with zero attached hydrogens (tertiary/aromatic N) is 1. The molecule has 0 bridgehead atoms. The van der Waals surface area contributed by atoms with Crippen LogP contribution in [-0.4, -0.2) is 0 Å². The molecule has 0 aromatic heterocycles. The van der Waals surface area contributed by atoms with Crippen molar-refractivity contribution in [1.29, 1.82) is 0 Å². The first kappa shape index (κ1) is 36.1. The van der Waals surface area contributed by atoms with Crippen LogP contribution in [0.2, 0.25) is 0 Å². The summed E-state index contributed by atoms with van der Waals surface area (Å²) in [6.07, 6.45) is 0. The van der Waals surface area contributed by atoms with Gasteiger partial charge >= 0.3 is 0 Å². The maximum Gasteiger partial charge on any atom is 0.0546 e. The van der Waals surface area contributed by atoms with Crippen LogP contribution in [0.4, 0.5) is 17.1 Å². The van der Waals surface area contributed by atoms with Gasteiger partial charge < -0.3 is 4.90 Å². The third kappa shape index (κ3) is 6.73. The van der Waals surface area contributed by atoms with E-state index in [9.17, 15) is 0 Å². The van der Waals surface area contributed by atoms with E-state index in [-0.39, 0.29) is 0 Å². The van der Waals surface area contributed by atoms with Gasteiger partial charge in [0.25, 0.3) is 0 Å². The second-order valence-corrected chi connectivity index (χ2v) is 15.7. The molecule has 0 unspecified atom stereocenters. The van der Waals surface area contributed by atoms with Gasteiger partial charge in [-0.2, -0.15) is 0 Å². The van der Waals surface area contributed by atoms with Crippen LogP contribution in [0.3, 0.4) is 0 Å². The van der Waals surface area contributed by atoms with E-state index in [1.165, 1.54) is 82.4 Å². The van der Waals surface area contributed by atoms with Gasteiger partial charge in [0, 0.05) is 16.9 Å². The lowest BCUT2D eigenvalue weighted by molar-refractivity contribution is 1.28. The first-order valence-corrected chi connectivity index (χ1v) is 21.0. The van der Waals surface area contributed by atoms with Gasteiger partial charge in [-0.25, -0.2) is 0 Å². The van der Waals surface area contributed by atoms with Crippen LogP contribution < -0.4 is 4.90 Å². The zero-order chi connectivity index (χ0) is 40.5. The minimum atomic E-state index is 1.08. The number of hydrogen-bond acceptors (Lipinski definition) is 1. The van der Waals surface area contributed by atoms with Crippen LogP contribution in [0.1, 0.15) is 0 Å². The molecule has 1 nitrogen and oxygen atoms in total. The molecule has 0 aliphatic heterocycles. The molecule has 0 saturated carbocycles. The molecule has 0 saturated heterocycles. The van der Waals surface area contributed by atoms with Gasteiger partial charge in [0.1, 0.15) is 0 Å². The Kier molecular flexibility index (Phi) is 9.26. The van der Waals surface area contributed by atoms with Gasteiger partial charge in [-0.3, -0.25) is 0 Å². The summed E-state index contributed by atoms with van der Waals surface area (Å²) in [7, 11) is 0. The average molecular weight is 776 g/mol. The Balaban J connectivity index is 1.15. The van der Waals surface area contributed by atoms with E-state index >= 15 is 0 Å². The first-order valence-electron chi connectivity index (χ1n) is 21.0. The van der Waals surface area contributed by atoms with Crippen molar-refractivity contribution >= 4 is 49.4 Å². The summed E-state index contributed by atoms with van der Waals surface area (Å²) in [5.41, 5.74) is 15.2. The summed E-state index contributed by atoms with van der Waals surface area (Å²) in [6, 6.07) is 90.6. The predicted octanol–water partition coefficient (Wildman–Crippen LogP) is 17.0. The Morgan fingerprint density at radius 1 is 0.230 bits per heavy atom. The molecule has 0 N–H and O–H groups in total. The van der Waals surface area contributed by atoms with Gasteiger partial charge in [0.2, 0.25) is 0 Å². The number of anilines is 3. The zero-order valence-electron chi connectivity index (χ0n) is 33.6. The lowest BCUT2D eigenvalue weighted by atomic mass is 9.87. The summed E-state index contributed by atoms with van der Waals surface area (Å²) in [6.45, 7) is 0. The Morgan fingerprint density at radius 2 is 0.672 bits per heavy atom. The van der Waals surface area contributed by atoms with Crippen LogP contribution in [0.25, 0.3) is 88.0 Å². The highest BCUT2D eigenvalue weighted by atomic mass is 15.1. The number of benzene rings is 11. The molecule has 0 atom stereocenters. The van der Waals surface area contributed by atoms with Crippen molar-refractivity contribution < 1.29 is 0 Å². The maximum absolute atomic E-state index is 2.43. The molecule has 11 aromatic carbocycles. The van der Waals surface area contributed by atoms with E-state index in [0.29, 0.717) is 0 Å². The Morgan fingerprint density at radius 3 is 1.31 bits per heavy atom. The summed E-state index contributed by atoms with van der Waals surface area (Å²) >= 11 is 0. The van der Waals surface area contributed by atoms with Crippen LogP contribution in [0.5, 0.6) is 0 Å². The monoisotopic (exact) mass is 775 g/mol. The van der Waals surface area contributed by atoms with E-state index in [1.54, 1.807) is 0 Å². The van der Waals surface area contributed by atoms with Crippen LogP contribution in [0.15, 0.2) is 249 Å². The standard InChI is InChI=1S/C60H41N/c1-3-15-42(16-4-1)44-33-37-50(38-34-44)61(51-39-35-45(36-40-51)43-17-5-2-6-18-43)59-28-14-27-57(58-41-49-20-8-10-23-54(49)55-24-11-12-25-56(55)58)60(59)48-31-29-47(30-32-48)53-26-13-21-46-19-7-9-22-52(46)53/h1-41H. The Labute approximate surface area is 357 Å². The molecule has 0 amide bonds. The lowest BCUT2D eigenvalue weighted by Crippen LogP contribution is -2.12. The summed E-state index contributed by atoms with van der Waals surface area (Å²) in [4.78, 5) is 2.43. The fourth-order valence-corrected chi connectivity index (χ4v) is 9.12.